The van der Waals surface area contributed by atoms with Gasteiger partial charge in [-0.2, -0.15) is 13.2 Å². The van der Waals surface area contributed by atoms with Crippen LogP contribution in [-0.4, -0.2) is 76.4 Å². The first-order valence-electron chi connectivity index (χ1n) is 11.2. The molecule has 0 aromatic carbocycles. The predicted octanol–water partition coefficient (Wildman–Crippen LogP) is 3.35. The summed E-state index contributed by atoms with van der Waals surface area (Å²) in [6.07, 6.45) is 1.39. The topological polar surface area (TPSA) is 70.1 Å². The molecule has 0 radical (unpaired) electrons. The lowest BCUT2D eigenvalue weighted by molar-refractivity contribution is -0.237. The van der Waals surface area contributed by atoms with Crippen molar-refractivity contribution in [2.45, 2.75) is 88.7 Å². The van der Waals surface area contributed by atoms with Gasteiger partial charge in [0, 0.05) is 30.7 Å². The number of halogens is 3. The molecule has 0 aromatic heterocycles. The average molecular weight is 459 g/mol. The summed E-state index contributed by atoms with van der Waals surface area (Å²) in [5.41, 5.74) is -3.28. The van der Waals surface area contributed by atoms with Gasteiger partial charge in [-0.1, -0.05) is 12.2 Å². The van der Waals surface area contributed by atoms with Crippen molar-refractivity contribution in [3.63, 3.8) is 0 Å². The minimum Gasteiger partial charge on any atom is -0.468 e. The highest BCUT2D eigenvalue weighted by atomic mass is 19.4. The van der Waals surface area contributed by atoms with Crippen LogP contribution in [0.3, 0.4) is 0 Å². The number of ether oxygens (including phenoxy) is 1. The van der Waals surface area contributed by atoms with E-state index < -0.39 is 17.3 Å². The Morgan fingerprint density at radius 3 is 2.03 bits per heavy atom. The lowest BCUT2D eigenvalue weighted by Crippen LogP contribution is -2.57. The number of alkyl halides is 3. The van der Waals surface area contributed by atoms with Gasteiger partial charge in [0.2, 0.25) is 5.91 Å². The molecule has 0 unspecified atom stereocenters. The lowest BCUT2D eigenvalue weighted by atomic mass is 9.85. The summed E-state index contributed by atoms with van der Waals surface area (Å²) in [4.78, 5) is 29.4. The van der Waals surface area contributed by atoms with Crippen molar-refractivity contribution in [1.29, 1.82) is 0 Å². The molecule has 9 heteroatoms. The third-order valence-corrected chi connectivity index (χ3v) is 7.11. The predicted molar refractivity (Wildman–Crippen MR) is 113 cm³/mol. The minimum atomic E-state index is -4.76. The number of carbonyl (C=O) groups excluding carboxylic acids is 2. The SMILES string of the molecule is COC(=O)C(C)(C)N1CCC(N(C(=O)C2=CC=C([C@](C)(O)C(F)(F)F)CC2)C2CC2)CC1. The van der Waals surface area contributed by atoms with Gasteiger partial charge in [-0.25, -0.2) is 0 Å². The molecule has 0 bridgehead atoms. The molecular weight excluding hydrogens is 425 g/mol. The number of esters is 1. The fourth-order valence-corrected chi connectivity index (χ4v) is 4.63. The maximum Gasteiger partial charge on any atom is 0.420 e. The van der Waals surface area contributed by atoms with Gasteiger partial charge in [0.05, 0.1) is 7.11 Å². The van der Waals surface area contributed by atoms with Crippen molar-refractivity contribution in [1.82, 2.24) is 9.80 Å². The number of methoxy groups -OCH3 is 1. The molecule has 0 spiro atoms. The molecule has 0 aromatic rings. The molecule has 1 aliphatic heterocycles. The molecule has 1 atom stereocenters. The number of hydrogen-bond donors (Lipinski definition) is 1. The molecule has 3 rings (SSSR count). The van der Waals surface area contributed by atoms with Crippen LogP contribution in [0.2, 0.25) is 0 Å². The Labute approximate surface area is 187 Å². The highest BCUT2D eigenvalue weighted by molar-refractivity contribution is 5.94. The van der Waals surface area contributed by atoms with E-state index in [0.717, 1.165) is 32.6 Å². The van der Waals surface area contributed by atoms with Crippen molar-refractivity contribution in [3.8, 4) is 0 Å². The highest BCUT2D eigenvalue weighted by Crippen LogP contribution is 2.41. The summed E-state index contributed by atoms with van der Waals surface area (Å²) in [7, 11) is 1.37. The summed E-state index contributed by atoms with van der Waals surface area (Å²) in [6, 6.07) is 0.196. The maximum absolute atomic E-state index is 13.3. The van der Waals surface area contributed by atoms with Crippen LogP contribution in [0.1, 0.15) is 59.3 Å². The van der Waals surface area contributed by atoms with E-state index >= 15 is 0 Å². The summed E-state index contributed by atoms with van der Waals surface area (Å²) in [5, 5.41) is 9.90. The number of likely N-dealkylation sites (tertiary alicyclic amines) is 1. The van der Waals surface area contributed by atoms with E-state index in [1.54, 1.807) is 0 Å². The number of carbonyl (C=O) groups is 2. The van der Waals surface area contributed by atoms with Crippen molar-refractivity contribution < 1.29 is 32.6 Å². The minimum absolute atomic E-state index is 0.00560. The first-order valence-corrected chi connectivity index (χ1v) is 11.2. The fraction of sp³-hybridized carbons (Fsp3) is 0.739. The zero-order valence-corrected chi connectivity index (χ0v) is 19.2. The molecular formula is C23H33F3N2O4. The van der Waals surface area contributed by atoms with E-state index in [0.29, 0.717) is 18.7 Å². The Balaban J connectivity index is 1.70. The van der Waals surface area contributed by atoms with E-state index in [1.807, 2.05) is 18.7 Å². The monoisotopic (exact) mass is 458 g/mol. The van der Waals surface area contributed by atoms with Crippen molar-refractivity contribution >= 4 is 11.9 Å². The zero-order chi connectivity index (χ0) is 23.9. The first-order chi connectivity index (χ1) is 14.8. The number of aliphatic hydroxyl groups is 1. The van der Waals surface area contributed by atoms with Crippen LogP contribution in [-0.2, 0) is 14.3 Å². The highest BCUT2D eigenvalue weighted by Gasteiger charge is 2.52. The van der Waals surface area contributed by atoms with Gasteiger partial charge < -0.3 is 14.7 Å². The number of piperidine rings is 1. The average Bonchev–Trinajstić information content (AvgIpc) is 3.58. The number of nitrogens with zero attached hydrogens (tertiary/aromatic N) is 2. The Bertz CT molecular complexity index is 805. The molecule has 1 saturated heterocycles. The van der Waals surface area contributed by atoms with Crippen molar-refractivity contribution in [2.24, 2.45) is 0 Å². The normalized spacial score (nSPS) is 23.1. The van der Waals surface area contributed by atoms with Gasteiger partial charge in [0.15, 0.2) is 5.60 Å². The van der Waals surface area contributed by atoms with Crippen LogP contribution in [0.25, 0.3) is 0 Å². The van der Waals surface area contributed by atoms with Gasteiger partial charge in [-0.3, -0.25) is 14.5 Å². The van der Waals surface area contributed by atoms with Gasteiger partial charge in [0.25, 0.3) is 0 Å². The van der Waals surface area contributed by atoms with Gasteiger partial charge in [-0.15, -0.1) is 0 Å². The number of amides is 1. The van der Waals surface area contributed by atoms with Crippen LogP contribution in [0.4, 0.5) is 13.2 Å². The number of allylic oxidation sites excluding steroid dienone is 2. The second kappa shape index (κ2) is 8.82. The smallest absolute Gasteiger partial charge is 0.420 e. The first kappa shape index (κ1) is 24.8. The molecule has 1 heterocycles. The third kappa shape index (κ3) is 4.73. The summed E-state index contributed by atoms with van der Waals surface area (Å²) >= 11 is 0. The van der Waals surface area contributed by atoms with Crippen LogP contribution in [0.15, 0.2) is 23.3 Å². The molecule has 1 amide bonds. The van der Waals surface area contributed by atoms with E-state index in [-0.39, 0.29) is 42.4 Å². The Kier molecular flexibility index (Phi) is 6.82. The van der Waals surface area contributed by atoms with Crippen molar-refractivity contribution in [2.75, 3.05) is 20.2 Å². The zero-order valence-electron chi connectivity index (χ0n) is 19.2. The van der Waals surface area contributed by atoms with Gasteiger partial charge >= 0.3 is 12.1 Å². The van der Waals surface area contributed by atoms with E-state index in [2.05, 4.69) is 4.90 Å². The van der Waals surface area contributed by atoms with Crippen LogP contribution >= 0.6 is 0 Å². The molecule has 180 valence electrons. The second-order valence-corrected chi connectivity index (χ2v) is 9.67. The molecule has 32 heavy (non-hydrogen) atoms. The maximum atomic E-state index is 13.3. The molecule has 1 N–H and O–H groups in total. The lowest BCUT2D eigenvalue weighted by Gasteiger charge is -2.44. The summed E-state index contributed by atoms with van der Waals surface area (Å²) in [6.45, 7) is 5.71. The Morgan fingerprint density at radius 1 is 1.03 bits per heavy atom. The standard InChI is InChI=1S/C23H33F3N2O4/c1-21(2,20(30)32-4)27-13-11-18(12-14-27)28(17-9-10-17)19(29)15-5-7-16(8-6-15)22(3,31)23(24,25)26/h5,7,17-18,31H,6,8-14H2,1-4H3/t22-/m0/s1. The van der Waals surface area contributed by atoms with Crippen molar-refractivity contribution in [3.05, 3.63) is 23.3 Å². The van der Waals surface area contributed by atoms with Gasteiger partial charge in [0.1, 0.15) is 5.54 Å². The molecule has 2 fully saturated rings. The number of rotatable bonds is 6. The van der Waals surface area contributed by atoms with Gasteiger partial charge in [-0.05, 0) is 64.9 Å². The third-order valence-electron chi connectivity index (χ3n) is 7.11. The molecule has 2 aliphatic carbocycles. The Morgan fingerprint density at radius 2 is 1.59 bits per heavy atom. The number of hydrogen-bond acceptors (Lipinski definition) is 5. The van der Waals surface area contributed by atoms with E-state index in [1.165, 1.54) is 19.3 Å². The Hall–Kier alpha value is -1.87. The van der Waals surface area contributed by atoms with Crippen LogP contribution in [0.5, 0.6) is 0 Å². The second-order valence-electron chi connectivity index (χ2n) is 9.67. The fourth-order valence-electron chi connectivity index (χ4n) is 4.63. The quantitative estimate of drug-likeness (QED) is 0.619. The van der Waals surface area contributed by atoms with E-state index in [9.17, 15) is 27.9 Å². The van der Waals surface area contributed by atoms with Crippen LogP contribution < -0.4 is 0 Å². The largest absolute Gasteiger partial charge is 0.468 e. The molecule has 1 saturated carbocycles. The van der Waals surface area contributed by atoms with Crippen LogP contribution in [0, 0.1) is 0 Å². The van der Waals surface area contributed by atoms with E-state index in [4.69, 9.17) is 4.74 Å². The summed E-state index contributed by atoms with van der Waals surface area (Å²) in [5.74, 6) is -0.420. The summed E-state index contributed by atoms with van der Waals surface area (Å²) < 4.78 is 44.3. The molecule has 6 nitrogen and oxygen atoms in total. The molecule has 3 aliphatic rings.